The van der Waals surface area contributed by atoms with Gasteiger partial charge in [0.2, 0.25) is 5.91 Å². The molecule has 0 bridgehead atoms. The number of rotatable bonds is 7. The minimum Gasteiger partial charge on any atom is -0.399 e. The number of amides is 1. The van der Waals surface area contributed by atoms with Crippen molar-refractivity contribution in [1.29, 1.82) is 0 Å². The largest absolute Gasteiger partial charge is 0.399 e. The molecule has 1 aliphatic rings. The van der Waals surface area contributed by atoms with Gasteiger partial charge < -0.3 is 10.6 Å². The standard InChI is InChI=1S/C17H27N3O/c1-4-20(16-9-10-16)17(21)12-19(13(2)3)11-14-5-7-15(18)8-6-14/h5-8,13,16H,4,9-12,18H2,1-3H3. The van der Waals surface area contributed by atoms with Crippen LogP contribution in [0, 0.1) is 0 Å². The molecule has 1 saturated carbocycles. The maximum absolute atomic E-state index is 12.5. The Kier molecular flexibility index (Phi) is 5.23. The predicted molar refractivity (Wildman–Crippen MR) is 86.8 cm³/mol. The predicted octanol–water partition coefficient (Wildman–Crippen LogP) is 2.49. The van der Waals surface area contributed by atoms with Gasteiger partial charge in [0.15, 0.2) is 0 Å². The van der Waals surface area contributed by atoms with Gasteiger partial charge in [0.1, 0.15) is 0 Å². The second kappa shape index (κ2) is 6.94. The van der Waals surface area contributed by atoms with E-state index in [1.54, 1.807) is 0 Å². The maximum atomic E-state index is 12.5. The Hall–Kier alpha value is -1.55. The molecule has 0 heterocycles. The number of benzene rings is 1. The van der Waals surface area contributed by atoms with Crippen molar-refractivity contribution in [1.82, 2.24) is 9.80 Å². The molecule has 1 aliphatic carbocycles. The fourth-order valence-electron chi connectivity index (χ4n) is 2.57. The van der Waals surface area contributed by atoms with Gasteiger partial charge in [-0.05, 0) is 51.3 Å². The molecule has 2 N–H and O–H groups in total. The van der Waals surface area contributed by atoms with Crippen LogP contribution in [0.5, 0.6) is 0 Å². The molecule has 0 saturated heterocycles. The molecule has 1 aromatic carbocycles. The van der Waals surface area contributed by atoms with Crippen LogP contribution >= 0.6 is 0 Å². The fraction of sp³-hybridized carbons (Fsp3) is 0.588. The number of nitrogens with zero attached hydrogens (tertiary/aromatic N) is 2. The molecule has 0 unspecified atom stereocenters. The Morgan fingerprint density at radius 2 is 1.90 bits per heavy atom. The third kappa shape index (κ3) is 4.46. The lowest BCUT2D eigenvalue weighted by molar-refractivity contribution is -0.133. The summed E-state index contributed by atoms with van der Waals surface area (Å²) in [5.74, 6) is 0.254. The Bertz CT molecular complexity index is 465. The highest BCUT2D eigenvalue weighted by Crippen LogP contribution is 2.26. The van der Waals surface area contributed by atoms with E-state index in [-0.39, 0.29) is 5.91 Å². The number of anilines is 1. The summed E-state index contributed by atoms with van der Waals surface area (Å²) in [6, 6.07) is 8.73. The van der Waals surface area contributed by atoms with Crippen molar-refractivity contribution in [3.8, 4) is 0 Å². The minimum absolute atomic E-state index is 0.254. The van der Waals surface area contributed by atoms with E-state index < -0.39 is 0 Å². The summed E-state index contributed by atoms with van der Waals surface area (Å²) in [6.07, 6.45) is 2.33. The molecule has 0 radical (unpaired) electrons. The molecule has 0 aromatic heterocycles. The van der Waals surface area contributed by atoms with Gasteiger partial charge in [-0.25, -0.2) is 0 Å². The van der Waals surface area contributed by atoms with E-state index >= 15 is 0 Å². The van der Waals surface area contributed by atoms with Crippen molar-refractivity contribution in [2.45, 2.75) is 52.2 Å². The third-order valence-electron chi connectivity index (χ3n) is 4.08. The first-order valence-corrected chi connectivity index (χ1v) is 7.89. The number of nitrogen functional groups attached to an aromatic ring is 1. The van der Waals surface area contributed by atoms with E-state index in [0.29, 0.717) is 18.6 Å². The first kappa shape index (κ1) is 15.8. The molecule has 21 heavy (non-hydrogen) atoms. The topological polar surface area (TPSA) is 49.6 Å². The SMILES string of the molecule is CCN(C(=O)CN(Cc1ccc(N)cc1)C(C)C)C1CC1. The van der Waals surface area contributed by atoms with E-state index in [0.717, 1.165) is 18.8 Å². The Labute approximate surface area is 127 Å². The first-order chi connectivity index (χ1) is 10.0. The van der Waals surface area contributed by atoms with Crippen molar-refractivity contribution in [3.05, 3.63) is 29.8 Å². The van der Waals surface area contributed by atoms with Gasteiger partial charge in [-0.3, -0.25) is 9.69 Å². The van der Waals surface area contributed by atoms with Crippen LogP contribution in [0.3, 0.4) is 0 Å². The summed E-state index contributed by atoms with van der Waals surface area (Å²) in [7, 11) is 0. The zero-order valence-corrected chi connectivity index (χ0v) is 13.4. The molecule has 0 aliphatic heterocycles. The summed E-state index contributed by atoms with van der Waals surface area (Å²) in [5, 5.41) is 0. The Morgan fingerprint density at radius 3 is 2.38 bits per heavy atom. The number of hydrogen-bond acceptors (Lipinski definition) is 3. The molecular formula is C17H27N3O. The highest BCUT2D eigenvalue weighted by Gasteiger charge is 2.32. The molecule has 2 rings (SSSR count). The monoisotopic (exact) mass is 289 g/mol. The minimum atomic E-state index is 0.254. The van der Waals surface area contributed by atoms with Gasteiger partial charge in [0, 0.05) is 30.9 Å². The first-order valence-electron chi connectivity index (χ1n) is 7.89. The van der Waals surface area contributed by atoms with Crippen molar-refractivity contribution in [2.75, 3.05) is 18.8 Å². The van der Waals surface area contributed by atoms with Crippen LogP contribution in [0.15, 0.2) is 24.3 Å². The van der Waals surface area contributed by atoms with E-state index in [2.05, 4.69) is 25.7 Å². The normalized spacial score (nSPS) is 14.7. The summed E-state index contributed by atoms with van der Waals surface area (Å²) < 4.78 is 0. The molecule has 0 spiro atoms. The van der Waals surface area contributed by atoms with Crippen LogP contribution in [0.1, 0.15) is 39.2 Å². The summed E-state index contributed by atoms with van der Waals surface area (Å²) in [5.41, 5.74) is 7.69. The molecule has 4 heteroatoms. The van der Waals surface area contributed by atoms with Crippen molar-refractivity contribution < 1.29 is 4.79 Å². The quantitative estimate of drug-likeness (QED) is 0.785. The number of carbonyl (C=O) groups excluding carboxylic acids is 1. The summed E-state index contributed by atoms with van der Waals surface area (Å²) in [6.45, 7) is 8.43. The van der Waals surface area contributed by atoms with Crippen LogP contribution in [-0.4, -0.2) is 40.9 Å². The number of carbonyl (C=O) groups is 1. The highest BCUT2D eigenvalue weighted by atomic mass is 16.2. The number of nitrogens with two attached hydrogens (primary N) is 1. The molecule has 1 fully saturated rings. The molecule has 0 atom stereocenters. The van der Waals surface area contributed by atoms with Crippen LogP contribution in [0.25, 0.3) is 0 Å². The molecular weight excluding hydrogens is 262 g/mol. The van der Waals surface area contributed by atoms with Crippen LogP contribution in [0.4, 0.5) is 5.69 Å². The smallest absolute Gasteiger partial charge is 0.237 e. The number of hydrogen-bond donors (Lipinski definition) is 1. The van der Waals surface area contributed by atoms with Crippen molar-refractivity contribution >= 4 is 11.6 Å². The number of likely N-dealkylation sites (N-methyl/N-ethyl adjacent to an activating group) is 1. The van der Waals surface area contributed by atoms with E-state index in [9.17, 15) is 4.79 Å². The summed E-state index contributed by atoms with van der Waals surface area (Å²) in [4.78, 5) is 16.7. The lowest BCUT2D eigenvalue weighted by atomic mass is 10.1. The molecule has 116 valence electrons. The van der Waals surface area contributed by atoms with Gasteiger partial charge in [-0.1, -0.05) is 12.1 Å². The lowest BCUT2D eigenvalue weighted by Crippen LogP contribution is -2.43. The van der Waals surface area contributed by atoms with Crippen molar-refractivity contribution in [2.24, 2.45) is 0 Å². The average molecular weight is 289 g/mol. The van der Waals surface area contributed by atoms with E-state index in [1.807, 2.05) is 29.2 Å². The third-order valence-corrected chi connectivity index (χ3v) is 4.08. The molecule has 4 nitrogen and oxygen atoms in total. The zero-order chi connectivity index (χ0) is 15.4. The second-order valence-corrected chi connectivity index (χ2v) is 6.15. The van der Waals surface area contributed by atoms with Gasteiger partial charge in [0.05, 0.1) is 6.54 Å². The Morgan fingerprint density at radius 1 is 1.29 bits per heavy atom. The van der Waals surface area contributed by atoms with E-state index in [4.69, 9.17) is 5.73 Å². The lowest BCUT2D eigenvalue weighted by Gasteiger charge is -2.29. The maximum Gasteiger partial charge on any atom is 0.237 e. The average Bonchev–Trinajstić information content (AvgIpc) is 3.26. The van der Waals surface area contributed by atoms with Gasteiger partial charge in [-0.15, -0.1) is 0 Å². The summed E-state index contributed by atoms with van der Waals surface area (Å²) >= 11 is 0. The van der Waals surface area contributed by atoms with Crippen LogP contribution in [0.2, 0.25) is 0 Å². The molecule has 1 aromatic rings. The van der Waals surface area contributed by atoms with Crippen LogP contribution < -0.4 is 5.73 Å². The second-order valence-electron chi connectivity index (χ2n) is 6.15. The van der Waals surface area contributed by atoms with Gasteiger partial charge in [-0.2, -0.15) is 0 Å². The van der Waals surface area contributed by atoms with Crippen molar-refractivity contribution in [3.63, 3.8) is 0 Å². The van der Waals surface area contributed by atoms with Gasteiger partial charge in [0.25, 0.3) is 0 Å². The Balaban J connectivity index is 1.98. The molecule has 1 amide bonds. The fourth-order valence-corrected chi connectivity index (χ4v) is 2.57. The van der Waals surface area contributed by atoms with E-state index in [1.165, 1.54) is 18.4 Å². The van der Waals surface area contributed by atoms with Crippen LogP contribution in [-0.2, 0) is 11.3 Å². The zero-order valence-electron chi connectivity index (χ0n) is 13.4. The highest BCUT2D eigenvalue weighted by molar-refractivity contribution is 5.79. The van der Waals surface area contributed by atoms with Gasteiger partial charge >= 0.3 is 0 Å².